The van der Waals surface area contributed by atoms with Crippen molar-refractivity contribution >= 4 is 44.8 Å². The van der Waals surface area contributed by atoms with E-state index >= 15 is 0 Å². The van der Waals surface area contributed by atoms with E-state index in [-0.39, 0.29) is 17.3 Å². The average Bonchev–Trinajstić information content (AvgIpc) is 3.16. The van der Waals surface area contributed by atoms with Crippen molar-refractivity contribution < 1.29 is 13.2 Å². The molecule has 29 heavy (non-hydrogen) atoms. The molecule has 2 aromatic carbocycles. The molecule has 1 saturated heterocycles. The van der Waals surface area contributed by atoms with E-state index in [1.807, 2.05) is 11.9 Å². The largest absolute Gasteiger partial charge is 0.325 e. The standard InChI is InChI=1S/C20H23Cl2N3O3S/c1-24(13-15-9-16(21)11-17(22)10-15)14-20(26)23-18-5-4-6-19(12-18)29(27,28)25-7-2-3-8-25/h4-6,9-12H,2-3,7-8,13-14H2,1H3,(H,23,26). The fourth-order valence-corrected chi connectivity index (χ4v) is 5.46. The lowest BCUT2D eigenvalue weighted by molar-refractivity contribution is -0.117. The lowest BCUT2D eigenvalue weighted by atomic mass is 10.2. The van der Waals surface area contributed by atoms with Gasteiger partial charge in [0, 0.05) is 35.4 Å². The third-order valence-corrected chi connectivity index (χ3v) is 6.94. The van der Waals surface area contributed by atoms with Crippen molar-refractivity contribution in [2.24, 2.45) is 0 Å². The van der Waals surface area contributed by atoms with Crippen LogP contribution in [-0.4, -0.2) is 50.2 Å². The van der Waals surface area contributed by atoms with Crippen molar-refractivity contribution in [2.45, 2.75) is 24.3 Å². The smallest absolute Gasteiger partial charge is 0.243 e. The molecule has 1 aliphatic heterocycles. The van der Waals surface area contributed by atoms with Gasteiger partial charge < -0.3 is 5.32 Å². The molecule has 0 radical (unpaired) electrons. The topological polar surface area (TPSA) is 69.7 Å². The summed E-state index contributed by atoms with van der Waals surface area (Å²) in [6.07, 6.45) is 1.75. The first-order valence-electron chi connectivity index (χ1n) is 9.27. The third kappa shape index (κ3) is 5.93. The van der Waals surface area contributed by atoms with Gasteiger partial charge in [-0.25, -0.2) is 8.42 Å². The number of amides is 1. The number of nitrogens with one attached hydrogen (secondary N) is 1. The summed E-state index contributed by atoms with van der Waals surface area (Å²) in [6.45, 7) is 1.71. The molecule has 0 atom stereocenters. The molecule has 0 saturated carbocycles. The fourth-order valence-electron chi connectivity index (χ4n) is 3.33. The fraction of sp³-hybridized carbons (Fsp3) is 0.350. The molecule has 0 unspecified atom stereocenters. The number of likely N-dealkylation sites (N-methyl/N-ethyl adjacent to an activating group) is 1. The van der Waals surface area contributed by atoms with Crippen LogP contribution in [0.3, 0.4) is 0 Å². The highest BCUT2D eigenvalue weighted by atomic mass is 35.5. The third-order valence-electron chi connectivity index (χ3n) is 4.61. The lowest BCUT2D eigenvalue weighted by Crippen LogP contribution is -2.30. The molecule has 9 heteroatoms. The second-order valence-corrected chi connectivity index (χ2v) is 9.95. The Morgan fingerprint density at radius 3 is 2.41 bits per heavy atom. The maximum Gasteiger partial charge on any atom is 0.243 e. The summed E-state index contributed by atoms with van der Waals surface area (Å²) in [6, 6.07) is 11.6. The van der Waals surface area contributed by atoms with Crippen molar-refractivity contribution in [3.05, 3.63) is 58.1 Å². The van der Waals surface area contributed by atoms with Crippen LogP contribution in [0.2, 0.25) is 10.0 Å². The number of carbonyl (C=O) groups is 1. The SMILES string of the molecule is CN(CC(=O)Nc1cccc(S(=O)(=O)N2CCCC2)c1)Cc1cc(Cl)cc(Cl)c1. The van der Waals surface area contributed by atoms with E-state index in [4.69, 9.17) is 23.2 Å². The van der Waals surface area contributed by atoms with Crippen LogP contribution in [0.5, 0.6) is 0 Å². The van der Waals surface area contributed by atoms with Gasteiger partial charge in [-0.15, -0.1) is 0 Å². The van der Waals surface area contributed by atoms with Gasteiger partial charge in [0.05, 0.1) is 11.4 Å². The van der Waals surface area contributed by atoms with E-state index in [1.54, 1.807) is 36.4 Å². The first-order valence-corrected chi connectivity index (χ1v) is 11.5. The van der Waals surface area contributed by atoms with Crippen LogP contribution < -0.4 is 5.32 Å². The molecule has 1 amide bonds. The summed E-state index contributed by atoms with van der Waals surface area (Å²) in [5, 5.41) is 3.85. The van der Waals surface area contributed by atoms with E-state index < -0.39 is 10.0 Å². The Hall–Kier alpha value is -1.64. The molecular formula is C20H23Cl2N3O3S. The first kappa shape index (κ1) is 22.1. The maximum atomic E-state index is 12.7. The Labute approximate surface area is 181 Å². The van der Waals surface area contributed by atoms with Crippen LogP contribution in [0.15, 0.2) is 47.4 Å². The van der Waals surface area contributed by atoms with Gasteiger partial charge in [0.2, 0.25) is 15.9 Å². The van der Waals surface area contributed by atoms with Gasteiger partial charge in [0.15, 0.2) is 0 Å². The highest BCUT2D eigenvalue weighted by Gasteiger charge is 2.27. The number of anilines is 1. The van der Waals surface area contributed by atoms with E-state index in [1.165, 1.54) is 10.4 Å². The zero-order valence-electron chi connectivity index (χ0n) is 16.1. The number of carbonyl (C=O) groups excluding carboxylic acids is 1. The maximum absolute atomic E-state index is 12.7. The number of sulfonamides is 1. The summed E-state index contributed by atoms with van der Waals surface area (Å²) >= 11 is 12.0. The van der Waals surface area contributed by atoms with Gasteiger partial charge in [-0.1, -0.05) is 29.3 Å². The molecule has 0 bridgehead atoms. The van der Waals surface area contributed by atoms with E-state index in [0.29, 0.717) is 35.4 Å². The predicted octanol–water partition coefficient (Wildman–Crippen LogP) is 3.85. The minimum Gasteiger partial charge on any atom is -0.325 e. The summed E-state index contributed by atoms with van der Waals surface area (Å²) in [7, 11) is -1.71. The molecule has 6 nitrogen and oxygen atoms in total. The monoisotopic (exact) mass is 455 g/mol. The molecule has 156 valence electrons. The molecular weight excluding hydrogens is 433 g/mol. The number of halogens is 2. The Kier molecular flexibility index (Phi) is 7.19. The number of benzene rings is 2. The zero-order valence-corrected chi connectivity index (χ0v) is 18.4. The van der Waals surface area contributed by atoms with Crippen molar-refractivity contribution in [2.75, 3.05) is 32.0 Å². The quantitative estimate of drug-likeness (QED) is 0.687. The molecule has 1 heterocycles. The highest BCUT2D eigenvalue weighted by molar-refractivity contribution is 7.89. The Morgan fingerprint density at radius 1 is 1.10 bits per heavy atom. The van der Waals surface area contributed by atoms with Crippen molar-refractivity contribution in [3.8, 4) is 0 Å². The molecule has 1 N–H and O–H groups in total. The molecule has 0 spiro atoms. The van der Waals surface area contributed by atoms with Gasteiger partial charge >= 0.3 is 0 Å². The summed E-state index contributed by atoms with van der Waals surface area (Å²) in [5.74, 6) is -0.239. The Balaban J connectivity index is 1.61. The van der Waals surface area contributed by atoms with Gasteiger partial charge in [0.1, 0.15) is 0 Å². The first-order chi connectivity index (χ1) is 13.7. The Morgan fingerprint density at radius 2 is 1.76 bits per heavy atom. The number of hydrogen-bond acceptors (Lipinski definition) is 4. The van der Waals surface area contributed by atoms with Crippen LogP contribution >= 0.6 is 23.2 Å². The van der Waals surface area contributed by atoms with Crippen molar-refractivity contribution in [1.82, 2.24) is 9.21 Å². The van der Waals surface area contributed by atoms with Gasteiger partial charge in [-0.2, -0.15) is 4.31 Å². The van der Waals surface area contributed by atoms with E-state index in [2.05, 4.69) is 5.32 Å². The van der Waals surface area contributed by atoms with Crippen molar-refractivity contribution in [1.29, 1.82) is 0 Å². The number of hydrogen-bond donors (Lipinski definition) is 1. The van der Waals surface area contributed by atoms with Gasteiger partial charge in [-0.05, 0) is 61.9 Å². The number of rotatable bonds is 7. The number of nitrogens with zero attached hydrogens (tertiary/aromatic N) is 2. The van der Waals surface area contributed by atoms with Gasteiger partial charge in [0.25, 0.3) is 0 Å². The zero-order chi connectivity index (χ0) is 21.0. The van der Waals surface area contributed by atoms with Crippen LogP contribution in [0.25, 0.3) is 0 Å². The van der Waals surface area contributed by atoms with Crippen LogP contribution in [0.4, 0.5) is 5.69 Å². The summed E-state index contributed by atoms with van der Waals surface area (Å²) in [5.41, 5.74) is 1.35. The second kappa shape index (κ2) is 9.45. The second-order valence-electron chi connectivity index (χ2n) is 7.14. The molecule has 0 aromatic heterocycles. The minimum atomic E-state index is -3.52. The predicted molar refractivity (Wildman–Crippen MR) is 116 cm³/mol. The molecule has 3 rings (SSSR count). The molecule has 1 aliphatic rings. The van der Waals surface area contributed by atoms with E-state index in [9.17, 15) is 13.2 Å². The summed E-state index contributed by atoms with van der Waals surface area (Å²) < 4.78 is 26.9. The summed E-state index contributed by atoms with van der Waals surface area (Å²) in [4.78, 5) is 14.4. The van der Waals surface area contributed by atoms with Crippen LogP contribution in [0.1, 0.15) is 18.4 Å². The van der Waals surface area contributed by atoms with Crippen LogP contribution in [-0.2, 0) is 21.4 Å². The van der Waals surface area contributed by atoms with Gasteiger partial charge in [-0.3, -0.25) is 9.69 Å². The normalized spacial score (nSPS) is 15.0. The molecule has 2 aromatic rings. The average molecular weight is 456 g/mol. The lowest BCUT2D eigenvalue weighted by Gasteiger charge is -2.18. The molecule has 0 aliphatic carbocycles. The molecule has 1 fully saturated rings. The van der Waals surface area contributed by atoms with Crippen LogP contribution in [0, 0.1) is 0 Å². The highest BCUT2D eigenvalue weighted by Crippen LogP contribution is 2.23. The minimum absolute atomic E-state index is 0.132. The van der Waals surface area contributed by atoms with E-state index in [0.717, 1.165) is 18.4 Å². The van der Waals surface area contributed by atoms with Crippen molar-refractivity contribution in [3.63, 3.8) is 0 Å². The Bertz CT molecular complexity index is 972.